The lowest BCUT2D eigenvalue weighted by atomic mass is 9.95. The van der Waals surface area contributed by atoms with Crippen molar-refractivity contribution < 1.29 is 33.7 Å². The lowest BCUT2D eigenvalue weighted by Gasteiger charge is -2.14. The van der Waals surface area contributed by atoms with E-state index >= 15 is 0 Å². The SMILES string of the molecule is Cc1c(OCCCCOc2ccc(F)c(C(=O)O)c2)ccc(C(=O)CC2CCCC2)c1O. The molecule has 6 nitrogen and oxygen atoms in total. The van der Waals surface area contributed by atoms with Crippen LogP contribution in [0.1, 0.15) is 71.2 Å². The molecule has 2 N–H and O–H groups in total. The number of ketones is 1. The zero-order valence-electron chi connectivity index (χ0n) is 18.2. The number of hydrogen-bond donors (Lipinski definition) is 2. The van der Waals surface area contributed by atoms with Crippen molar-refractivity contribution in [2.45, 2.75) is 51.9 Å². The van der Waals surface area contributed by atoms with E-state index in [9.17, 15) is 19.1 Å². The van der Waals surface area contributed by atoms with Crippen LogP contribution in [0.2, 0.25) is 0 Å². The smallest absolute Gasteiger partial charge is 0.338 e. The van der Waals surface area contributed by atoms with Crippen LogP contribution in [0.25, 0.3) is 0 Å². The average molecular weight is 444 g/mol. The second kappa shape index (κ2) is 11.0. The summed E-state index contributed by atoms with van der Waals surface area (Å²) in [7, 11) is 0. The van der Waals surface area contributed by atoms with Crippen molar-refractivity contribution in [1.82, 2.24) is 0 Å². The summed E-state index contributed by atoms with van der Waals surface area (Å²) in [6, 6.07) is 6.97. The van der Waals surface area contributed by atoms with Crippen LogP contribution in [-0.4, -0.2) is 35.2 Å². The minimum Gasteiger partial charge on any atom is -0.507 e. The molecule has 1 saturated carbocycles. The molecule has 1 aliphatic rings. The van der Waals surface area contributed by atoms with Crippen molar-refractivity contribution in [3.63, 3.8) is 0 Å². The molecule has 0 heterocycles. The first-order chi connectivity index (χ1) is 15.4. The monoisotopic (exact) mass is 444 g/mol. The van der Waals surface area contributed by atoms with Crippen LogP contribution in [0, 0.1) is 18.7 Å². The number of phenolic OH excluding ortho intramolecular Hbond substituents is 1. The van der Waals surface area contributed by atoms with Crippen LogP contribution < -0.4 is 9.47 Å². The van der Waals surface area contributed by atoms with Gasteiger partial charge in [-0.05, 0) is 56.0 Å². The Morgan fingerprint density at radius 1 is 1.03 bits per heavy atom. The zero-order valence-corrected chi connectivity index (χ0v) is 18.2. The Kier molecular flexibility index (Phi) is 8.09. The molecular weight excluding hydrogens is 415 g/mol. The molecule has 172 valence electrons. The summed E-state index contributed by atoms with van der Waals surface area (Å²) in [6.45, 7) is 2.45. The van der Waals surface area contributed by atoms with Crippen molar-refractivity contribution in [3.8, 4) is 17.2 Å². The van der Waals surface area contributed by atoms with Gasteiger partial charge in [-0.15, -0.1) is 0 Å². The van der Waals surface area contributed by atoms with Crippen LogP contribution in [0.3, 0.4) is 0 Å². The molecule has 1 fully saturated rings. The third-order valence-electron chi connectivity index (χ3n) is 5.86. The number of unbranched alkanes of at least 4 members (excludes halogenated alkanes) is 1. The lowest BCUT2D eigenvalue weighted by Crippen LogP contribution is -2.08. The van der Waals surface area contributed by atoms with Crippen LogP contribution >= 0.6 is 0 Å². The summed E-state index contributed by atoms with van der Waals surface area (Å²) in [5.41, 5.74) is 0.479. The van der Waals surface area contributed by atoms with Gasteiger partial charge in [0.2, 0.25) is 0 Å². The number of carbonyl (C=O) groups excluding carboxylic acids is 1. The number of ether oxygens (including phenoxy) is 2. The number of rotatable bonds is 11. The van der Waals surface area contributed by atoms with Crippen molar-refractivity contribution >= 4 is 11.8 Å². The topological polar surface area (TPSA) is 93.1 Å². The fraction of sp³-hybridized carbons (Fsp3) is 0.440. The van der Waals surface area contributed by atoms with Gasteiger partial charge in [0.1, 0.15) is 23.1 Å². The highest BCUT2D eigenvalue weighted by Gasteiger charge is 2.22. The zero-order chi connectivity index (χ0) is 23.1. The summed E-state index contributed by atoms with van der Waals surface area (Å²) >= 11 is 0. The fourth-order valence-electron chi connectivity index (χ4n) is 3.98. The van der Waals surface area contributed by atoms with Gasteiger partial charge in [0.05, 0.1) is 24.3 Å². The van der Waals surface area contributed by atoms with Gasteiger partial charge in [0.25, 0.3) is 0 Å². The summed E-state index contributed by atoms with van der Waals surface area (Å²) in [5, 5.41) is 19.4. The Labute approximate surface area is 187 Å². The van der Waals surface area contributed by atoms with E-state index in [1.165, 1.54) is 18.9 Å². The molecule has 0 unspecified atom stereocenters. The molecule has 0 atom stereocenters. The van der Waals surface area contributed by atoms with Gasteiger partial charge >= 0.3 is 5.97 Å². The van der Waals surface area contributed by atoms with Gasteiger partial charge in [-0.1, -0.05) is 25.7 Å². The van der Waals surface area contributed by atoms with Gasteiger partial charge < -0.3 is 19.7 Å². The number of carbonyl (C=O) groups is 2. The van der Waals surface area contributed by atoms with Gasteiger partial charge in [-0.3, -0.25) is 4.79 Å². The Hall–Kier alpha value is -3.09. The van der Waals surface area contributed by atoms with E-state index < -0.39 is 17.3 Å². The van der Waals surface area contributed by atoms with Crippen molar-refractivity contribution in [2.75, 3.05) is 13.2 Å². The van der Waals surface area contributed by atoms with Crippen LogP contribution in [0.5, 0.6) is 17.2 Å². The minimum absolute atomic E-state index is 0.0145. The number of aromatic carboxylic acids is 1. The molecule has 2 aromatic carbocycles. The third-order valence-corrected chi connectivity index (χ3v) is 5.86. The van der Waals surface area contributed by atoms with E-state index in [0.717, 1.165) is 25.0 Å². The summed E-state index contributed by atoms with van der Waals surface area (Å²) in [5.74, 6) is -0.929. The predicted molar refractivity (Wildman–Crippen MR) is 117 cm³/mol. The molecule has 7 heteroatoms. The van der Waals surface area contributed by atoms with E-state index in [1.807, 2.05) is 0 Å². The standard InChI is InChI=1S/C25H29FO6/c1-16-23(11-9-19(24(16)28)22(27)14-17-6-2-3-7-17)32-13-5-4-12-31-18-8-10-21(26)20(15-18)25(29)30/h8-11,15,17,28H,2-7,12-14H2,1H3,(H,29,30). The van der Waals surface area contributed by atoms with E-state index in [-0.39, 0.29) is 11.5 Å². The van der Waals surface area contributed by atoms with Crippen molar-refractivity contribution in [1.29, 1.82) is 0 Å². The molecule has 0 spiro atoms. The van der Waals surface area contributed by atoms with Crippen LogP contribution in [0.4, 0.5) is 4.39 Å². The molecule has 0 aromatic heterocycles. The quantitative estimate of drug-likeness (QED) is 0.349. The molecule has 0 aliphatic heterocycles. The first kappa shape index (κ1) is 23.6. The molecular formula is C25H29FO6. The maximum atomic E-state index is 13.4. The van der Waals surface area contributed by atoms with E-state index in [2.05, 4.69) is 0 Å². The van der Waals surface area contributed by atoms with Crippen molar-refractivity contribution in [2.24, 2.45) is 5.92 Å². The molecule has 0 amide bonds. The maximum absolute atomic E-state index is 13.4. The molecule has 1 aliphatic carbocycles. The van der Waals surface area contributed by atoms with Gasteiger partial charge in [0, 0.05) is 12.0 Å². The fourth-order valence-corrected chi connectivity index (χ4v) is 3.98. The van der Waals surface area contributed by atoms with E-state index in [0.29, 0.717) is 61.0 Å². The van der Waals surface area contributed by atoms with Gasteiger partial charge in [-0.2, -0.15) is 0 Å². The molecule has 3 rings (SSSR count). The second-order valence-corrected chi connectivity index (χ2v) is 8.21. The average Bonchev–Trinajstić information content (AvgIpc) is 3.27. The Bertz CT molecular complexity index is 965. The summed E-state index contributed by atoms with van der Waals surface area (Å²) in [6.07, 6.45) is 6.30. The normalized spacial score (nSPS) is 13.8. The highest BCUT2D eigenvalue weighted by atomic mass is 19.1. The Morgan fingerprint density at radius 3 is 2.41 bits per heavy atom. The number of carboxylic acid groups (broad SMARTS) is 1. The van der Waals surface area contributed by atoms with Gasteiger partial charge in [-0.25, -0.2) is 9.18 Å². The van der Waals surface area contributed by atoms with E-state index in [1.54, 1.807) is 19.1 Å². The first-order valence-corrected chi connectivity index (χ1v) is 11.0. The number of benzene rings is 2. The second-order valence-electron chi connectivity index (χ2n) is 8.21. The predicted octanol–water partition coefficient (Wildman–Crippen LogP) is 5.54. The summed E-state index contributed by atoms with van der Waals surface area (Å²) in [4.78, 5) is 23.5. The minimum atomic E-state index is -1.34. The molecule has 0 saturated heterocycles. The Balaban J connectivity index is 1.44. The van der Waals surface area contributed by atoms with Gasteiger partial charge in [0.15, 0.2) is 5.78 Å². The molecule has 2 aromatic rings. The number of hydrogen-bond acceptors (Lipinski definition) is 5. The Morgan fingerprint density at radius 2 is 1.72 bits per heavy atom. The molecule has 0 bridgehead atoms. The highest BCUT2D eigenvalue weighted by Crippen LogP contribution is 2.34. The molecule has 0 radical (unpaired) electrons. The number of phenols is 1. The van der Waals surface area contributed by atoms with E-state index in [4.69, 9.17) is 14.6 Å². The maximum Gasteiger partial charge on any atom is 0.338 e. The van der Waals surface area contributed by atoms with Crippen molar-refractivity contribution in [3.05, 3.63) is 52.8 Å². The van der Waals surface area contributed by atoms with Crippen LogP contribution in [-0.2, 0) is 0 Å². The number of halogens is 1. The molecule has 32 heavy (non-hydrogen) atoms. The number of Topliss-reactive ketones (excluding diaryl/α,β-unsaturated/α-hetero) is 1. The number of aromatic hydroxyl groups is 1. The largest absolute Gasteiger partial charge is 0.507 e. The lowest BCUT2D eigenvalue weighted by molar-refractivity contribution is 0.0691. The highest BCUT2D eigenvalue weighted by molar-refractivity contribution is 5.99. The summed E-state index contributed by atoms with van der Waals surface area (Å²) < 4.78 is 24.6. The number of carboxylic acids is 1. The first-order valence-electron chi connectivity index (χ1n) is 11.0. The third kappa shape index (κ3) is 5.99. The van der Waals surface area contributed by atoms with Crippen LogP contribution in [0.15, 0.2) is 30.3 Å².